The second-order valence-electron chi connectivity index (χ2n) is 8.41. The Morgan fingerprint density at radius 3 is 2.24 bits per heavy atom. The first-order valence-electron chi connectivity index (χ1n) is 12.0. The van der Waals surface area contributed by atoms with Gasteiger partial charge < -0.3 is 14.8 Å². The molecular formula is C28H31N3O6S. The Labute approximate surface area is 221 Å². The van der Waals surface area contributed by atoms with Crippen LogP contribution in [0.5, 0.6) is 11.5 Å². The third-order valence-electron chi connectivity index (χ3n) is 6.01. The highest BCUT2D eigenvalue weighted by atomic mass is 32.2. The van der Waals surface area contributed by atoms with Crippen LogP contribution in [0.1, 0.15) is 31.9 Å². The van der Waals surface area contributed by atoms with Gasteiger partial charge in [0.05, 0.1) is 5.69 Å². The zero-order valence-electron chi connectivity index (χ0n) is 22.1. The average molecular weight is 538 g/mol. The number of allylic oxidation sites excluding steroid dienone is 1. The van der Waals surface area contributed by atoms with Gasteiger partial charge in [0, 0.05) is 42.2 Å². The van der Waals surface area contributed by atoms with Gasteiger partial charge in [-0.05, 0) is 37.1 Å². The SMILES string of the molecule is C/C=C\c1c(C)ccc(O)c1-c1cc(NS(=O)(=O)c2cn(C)c(=O)n(C)c2=O)c2ccccc2c1O.CC. The second-order valence-corrected chi connectivity index (χ2v) is 10.1. The van der Waals surface area contributed by atoms with Gasteiger partial charge in [0.1, 0.15) is 11.5 Å². The van der Waals surface area contributed by atoms with E-state index in [9.17, 15) is 28.2 Å². The van der Waals surface area contributed by atoms with E-state index < -0.39 is 26.2 Å². The van der Waals surface area contributed by atoms with Crippen molar-refractivity contribution in [3.05, 3.63) is 86.7 Å². The molecule has 0 radical (unpaired) electrons. The first-order chi connectivity index (χ1) is 18.0. The number of benzene rings is 3. The Morgan fingerprint density at radius 2 is 1.61 bits per heavy atom. The summed E-state index contributed by atoms with van der Waals surface area (Å²) >= 11 is 0. The molecule has 9 nitrogen and oxygen atoms in total. The van der Waals surface area contributed by atoms with Gasteiger partial charge in [-0.3, -0.25) is 14.1 Å². The van der Waals surface area contributed by atoms with E-state index in [1.807, 2.05) is 27.7 Å². The normalized spacial score (nSPS) is 11.4. The van der Waals surface area contributed by atoms with E-state index in [0.717, 1.165) is 16.3 Å². The fourth-order valence-corrected chi connectivity index (χ4v) is 5.40. The van der Waals surface area contributed by atoms with Crippen molar-refractivity contribution in [1.82, 2.24) is 9.13 Å². The molecular weight excluding hydrogens is 506 g/mol. The summed E-state index contributed by atoms with van der Waals surface area (Å²) in [4.78, 5) is 24.1. The van der Waals surface area contributed by atoms with Crippen LogP contribution in [-0.2, 0) is 24.1 Å². The molecule has 0 aliphatic carbocycles. The zero-order valence-corrected chi connectivity index (χ0v) is 22.9. The highest BCUT2D eigenvalue weighted by Gasteiger charge is 2.25. The van der Waals surface area contributed by atoms with Crippen molar-refractivity contribution in [1.29, 1.82) is 0 Å². The van der Waals surface area contributed by atoms with Crippen LogP contribution >= 0.6 is 0 Å². The number of nitrogens with zero attached hydrogens (tertiary/aromatic N) is 2. The molecule has 3 N–H and O–H groups in total. The molecule has 0 fully saturated rings. The molecule has 10 heteroatoms. The smallest absolute Gasteiger partial charge is 0.330 e. The molecule has 0 atom stereocenters. The second kappa shape index (κ2) is 11.0. The minimum Gasteiger partial charge on any atom is -0.507 e. The van der Waals surface area contributed by atoms with Crippen LogP contribution in [0.3, 0.4) is 0 Å². The van der Waals surface area contributed by atoms with Gasteiger partial charge in [-0.15, -0.1) is 0 Å². The van der Waals surface area contributed by atoms with Crippen LogP contribution in [0.15, 0.2) is 69.2 Å². The van der Waals surface area contributed by atoms with Crippen molar-refractivity contribution in [3.63, 3.8) is 0 Å². The Bertz CT molecular complexity index is 1780. The van der Waals surface area contributed by atoms with Crippen molar-refractivity contribution in [2.45, 2.75) is 32.6 Å². The molecule has 4 rings (SSSR count). The third kappa shape index (κ3) is 4.95. The number of aryl methyl sites for hydroxylation is 2. The number of rotatable bonds is 5. The molecule has 0 aliphatic heterocycles. The van der Waals surface area contributed by atoms with Gasteiger partial charge in [-0.1, -0.05) is 56.3 Å². The lowest BCUT2D eigenvalue weighted by Crippen LogP contribution is -2.40. The number of anilines is 1. The van der Waals surface area contributed by atoms with E-state index >= 15 is 0 Å². The van der Waals surface area contributed by atoms with E-state index in [1.165, 1.54) is 26.2 Å². The van der Waals surface area contributed by atoms with Crippen molar-refractivity contribution in [3.8, 4) is 22.6 Å². The van der Waals surface area contributed by atoms with Gasteiger partial charge in [-0.2, -0.15) is 0 Å². The maximum atomic E-state index is 13.3. The first-order valence-corrected chi connectivity index (χ1v) is 13.5. The summed E-state index contributed by atoms with van der Waals surface area (Å²) in [5.41, 5.74) is 0.474. The van der Waals surface area contributed by atoms with Crippen molar-refractivity contribution in [2.24, 2.45) is 14.1 Å². The number of aromatic hydroxyl groups is 2. The van der Waals surface area contributed by atoms with Crippen LogP contribution < -0.4 is 16.0 Å². The molecule has 0 saturated carbocycles. The summed E-state index contributed by atoms with van der Waals surface area (Å²) < 4.78 is 30.8. The maximum absolute atomic E-state index is 13.3. The topological polar surface area (TPSA) is 131 Å². The van der Waals surface area contributed by atoms with Crippen LogP contribution in [0.2, 0.25) is 0 Å². The van der Waals surface area contributed by atoms with Crippen LogP contribution in [0, 0.1) is 6.92 Å². The van der Waals surface area contributed by atoms with Gasteiger partial charge in [0.2, 0.25) is 0 Å². The Balaban J connectivity index is 0.00000195. The van der Waals surface area contributed by atoms with Crippen molar-refractivity contribution in [2.75, 3.05) is 4.72 Å². The predicted molar refractivity (Wildman–Crippen MR) is 151 cm³/mol. The minimum atomic E-state index is -4.45. The Morgan fingerprint density at radius 1 is 0.974 bits per heavy atom. The molecule has 0 aliphatic rings. The Hall–Kier alpha value is -4.31. The molecule has 38 heavy (non-hydrogen) atoms. The number of sulfonamides is 1. The predicted octanol–water partition coefficient (Wildman–Crippen LogP) is 4.48. The molecule has 1 heterocycles. The number of phenols is 2. The van der Waals surface area contributed by atoms with E-state index in [-0.39, 0.29) is 22.7 Å². The molecule has 0 spiro atoms. The fraction of sp³-hybridized carbons (Fsp3) is 0.214. The molecule has 4 aromatic rings. The van der Waals surface area contributed by atoms with Crippen LogP contribution in [0.25, 0.3) is 28.0 Å². The summed E-state index contributed by atoms with van der Waals surface area (Å²) in [7, 11) is -1.91. The number of phenolic OH excluding ortho intramolecular Hbond substituents is 2. The van der Waals surface area contributed by atoms with Gasteiger partial charge in [0.15, 0.2) is 4.90 Å². The summed E-state index contributed by atoms with van der Waals surface area (Å²) in [5.74, 6) is -0.238. The van der Waals surface area contributed by atoms with Gasteiger partial charge >= 0.3 is 5.69 Å². The number of fused-ring (bicyclic) bond motifs is 1. The van der Waals surface area contributed by atoms with Crippen molar-refractivity contribution >= 4 is 32.6 Å². The van der Waals surface area contributed by atoms with Crippen molar-refractivity contribution < 1.29 is 18.6 Å². The van der Waals surface area contributed by atoms with E-state index in [2.05, 4.69) is 4.72 Å². The Kier molecular flexibility index (Phi) is 8.16. The van der Waals surface area contributed by atoms with Crippen LogP contribution in [0.4, 0.5) is 5.69 Å². The molecule has 3 aromatic carbocycles. The highest BCUT2D eigenvalue weighted by Crippen LogP contribution is 2.45. The molecule has 0 saturated heterocycles. The van der Waals surface area contributed by atoms with Crippen LogP contribution in [-0.4, -0.2) is 27.8 Å². The summed E-state index contributed by atoms with van der Waals surface area (Å²) in [5, 5.41) is 22.7. The molecule has 0 amide bonds. The molecule has 1 aromatic heterocycles. The summed E-state index contributed by atoms with van der Waals surface area (Å²) in [6, 6.07) is 11.3. The quantitative estimate of drug-likeness (QED) is 0.322. The lowest BCUT2D eigenvalue weighted by Gasteiger charge is -2.18. The molecule has 0 unspecified atom stereocenters. The summed E-state index contributed by atoms with van der Waals surface area (Å²) in [6.07, 6.45) is 4.55. The number of hydrogen-bond donors (Lipinski definition) is 3. The lowest BCUT2D eigenvalue weighted by molar-refractivity contribution is 0.471. The van der Waals surface area contributed by atoms with Gasteiger partial charge in [0.25, 0.3) is 15.6 Å². The number of aromatic nitrogens is 2. The van der Waals surface area contributed by atoms with E-state index in [4.69, 9.17) is 0 Å². The van der Waals surface area contributed by atoms with E-state index in [0.29, 0.717) is 26.5 Å². The minimum absolute atomic E-state index is 0.0849. The number of nitrogens with one attached hydrogen (secondary N) is 1. The zero-order chi connectivity index (χ0) is 28.4. The number of hydrogen-bond acceptors (Lipinski definition) is 6. The highest BCUT2D eigenvalue weighted by molar-refractivity contribution is 7.92. The van der Waals surface area contributed by atoms with E-state index in [1.54, 1.807) is 42.5 Å². The summed E-state index contributed by atoms with van der Waals surface area (Å²) in [6.45, 7) is 7.68. The largest absolute Gasteiger partial charge is 0.507 e. The molecule has 0 bridgehead atoms. The average Bonchev–Trinajstić information content (AvgIpc) is 2.90. The monoisotopic (exact) mass is 537 g/mol. The first kappa shape index (κ1) is 28.3. The standard InChI is InChI=1S/C26H25N3O6S.C2H6/c1-5-8-16-15(2)11-12-21(30)23(16)19-13-20(17-9-6-7-10-18(17)24(19)31)27-36(34,35)22-14-28(3)26(33)29(4)25(22)32;1-2/h5-14,27,30-31H,1-4H3;1-2H3/b8-5-;. The maximum Gasteiger partial charge on any atom is 0.330 e. The lowest BCUT2D eigenvalue weighted by atomic mass is 9.91. The third-order valence-corrected chi connectivity index (χ3v) is 7.36. The van der Waals surface area contributed by atoms with Gasteiger partial charge in [-0.25, -0.2) is 13.2 Å². The molecule has 200 valence electrons. The fourth-order valence-electron chi connectivity index (χ4n) is 4.17.